The standard InChI is InChI=1S/C14H19Br2N5/c1-17-13(12-10(15)5-4-6-18-12)14-11(16)9-19-21(14)8-7-20(2)3/h4-6,9,13,17H,7-8H2,1-3H3. The summed E-state index contributed by atoms with van der Waals surface area (Å²) < 4.78 is 3.99. The van der Waals surface area contributed by atoms with E-state index in [1.807, 2.05) is 30.1 Å². The summed E-state index contributed by atoms with van der Waals surface area (Å²) in [5, 5.41) is 7.81. The Morgan fingerprint density at radius 2 is 2.10 bits per heavy atom. The maximum absolute atomic E-state index is 4.50. The van der Waals surface area contributed by atoms with Crippen molar-refractivity contribution in [1.82, 2.24) is 25.0 Å². The highest BCUT2D eigenvalue weighted by Gasteiger charge is 2.23. The van der Waals surface area contributed by atoms with Crippen LogP contribution in [0.3, 0.4) is 0 Å². The molecular weight excluding hydrogens is 398 g/mol. The Morgan fingerprint density at radius 1 is 1.33 bits per heavy atom. The molecule has 2 rings (SSSR count). The summed E-state index contributed by atoms with van der Waals surface area (Å²) in [7, 11) is 6.05. The lowest BCUT2D eigenvalue weighted by Gasteiger charge is -2.20. The minimum absolute atomic E-state index is 0.0281. The lowest BCUT2D eigenvalue weighted by Crippen LogP contribution is -2.26. The van der Waals surface area contributed by atoms with E-state index < -0.39 is 0 Å². The van der Waals surface area contributed by atoms with Crippen molar-refractivity contribution in [1.29, 1.82) is 0 Å². The Balaban J connectivity index is 2.38. The first-order valence-corrected chi connectivity index (χ1v) is 8.26. The molecule has 0 amide bonds. The zero-order chi connectivity index (χ0) is 15.4. The van der Waals surface area contributed by atoms with E-state index in [2.05, 4.69) is 66.3 Å². The second-order valence-electron chi connectivity index (χ2n) is 5.00. The minimum atomic E-state index is -0.0281. The van der Waals surface area contributed by atoms with Crippen LogP contribution >= 0.6 is 31.9 Å². The first-order chi connectivity index (χ1) is 10.0. The van der Waals surface area contributed by atoms with Crippen LogP contribution in [0.1, 0.15) is 17.4 Å². The van der Waals surface area contributed by atoms with Crippen molar-refractivity contribution in [3.05, 3.63) is 44.9 Å². The molecule has 0 fully saturated rings. The van der Waals surface area contributed by atoms with Gasteiger partial charge in [0.15, 0.2) is 0 Å². The molecule has 2 aromatic rings. The van der Waals surface area contributed by atoms with E-state index in [0.717, 1.165) is 33.4 Å². The van der Waals surface area contributed by atoms with Gasteiger partial charge in [-0.15, -0.1) is 0 Å². The molecule has 114 valence electrons. The summed E-state index contributed by atoms with van der Waals surface area (Å²) in [6.07, 6.45) is 3.64. The maximum Gasteiger partial charge on any atom is 0.0942 e. The molecule has 0 spiro atoms. The van der Waals surface area contributed by atoms with Crippen LogP contribution in [0.2, 0.25) is 0 Å². The average molecular weight is 417 g/mol. The van der Waals surface area contributed by atoms with Gasteiger partial charge in [-0.1, -0.05) is 0 Å². The largest absolute Gasteiger partial charge is 0.308 e. The average Bonchev–Trinajstić information content (AvgIpc) is 2.81. The molecule has 0 aliphatic carbocycles. The van der Waals surface area contributed by atoms with Crippen molar-refractivity contribution >= 4 is 31.9 Å². The maximum atomic E-state index is 4.50. The highest BCUT2D eigenvalue weighted by molar-refractivity contribution is 9.10. The fourth-order valence-corrected chi connectivity index (χ4v) is 3.15. The van der Waals surface area contributed by atoms with Crippen LogP contribution in [-0.2, 0) is 6.54 Å². The van der Waals surface area contributed by atoms with Crippen LogP contribution in [-0.4, -0.2) is 47.4 Å². The molecule has 1 N–H and O–H groups in total. The van der Waals surface area contributed by atoms with E-state index in [4.69, 9.17) is 0 Å². The first-order valence-electron chi connectivity index (χ1n) is 6.68. The van der Waals surface area contributed by atoms with Crippen molar-refractivity contribution in [3.8, 4) is 0 Å². The molecule has 2 heterocycles. The number of hydrogen-bond donors (Lipinski definition) is 1. The molecule has 0 aliphatic heterocycles. The number of rotatable bonds is 6. The van der Waals surface area contributed by atoms with E-state index in [1.54, 1.807) is 6.20 Å². The summed E-state index contributed by atoms with van der Waals surface area (Å²) in [6.45, 7) is 1.76. The Bertz CT molecular complexity index is 597. The summed E-state index contributed by atoms with van der Waals surface area (Å²) >= 11 is 7.19. The van der Waals surface area contributed by atoms with E-state index in [1.165, 1.54) is 0 Å². The van der Waals surface area contributed by atoms with Gasteiger partial charge in [0.2, 0.25) is 0 Å². The number of pyridine rings is 1. The van der Waals surface area contributed by atoms with Gasteiger partial charge >= 0.3 is 0 Å². The minimum Gasteiger partial charge on any atom is -0.308 e. The molecular formula is C14H19Br2N5. The second kappa shape index (κ2) is 7.49. The number of nitrogens with one attached hydrogen (secondary N) is 1. The van der Waals surface area contributed by atoms with Crippen LogP contribution in [0.25, 0.3) is 0 Å². The third kappa shape index (κ3) is 3.91. The van der Waals surface area contributed by atoms with Crippen molar-refractivity contribution in [2.75, 3.05) is 27.7 Å². The van der Waals surface area contributed by atoms with Gasteiger partial charge in [0.05, 0.1) is 34.6 Å². The Labute approximate surface area is 142 Å². The molecule has 0 saturated heterocycles. The summed E-state index contributed by atoms with van der Waals surface area (Å²) in [5.74, 6) is 0. The van der Waals surface area contributed by atoms with Gasteiger partial charge in [-0.25, -0.2) is 0 Å². The SMILES string of the molecule is CNC(c1ncccc1Br)c1c(Br)cnn1CCN(C)C. The number of halogens is 2. The molecule has 5 nitrogen and oxygen atoms in total. The zero-order valence-electron chi connectivity index (χ0n) is 12.3. The normalized spacial score (nSPS) is 12.9. The Hall–Kier alpha value is -0.760. The quantitative estimate of drug-likeness (QED) is 0.786. The van der Waals surface area contributed by atoms with Gasteiger partial charge in [-0.3, -0.25) is 9.67 Å². The smallest absolute Gasteiger partial charge is 0.0942 e. The van der Waals surface area contributed by atoms with Gasteiger partial charge in [0, 0.05) is 17.2 Å². The topological polar surface area (TPSA) is 46.0 Å². The molecule has 0 radical (unpaired) electrons. The number of likely N-dealkylation sites (N-methyl/N-ethyl adjacent to an activating group) is 1. The number of hydrogen-bond acceptors (Lipinski definition) is 4. The monoisotopic (exact) mass is 415 g/mol. The van der Waals surface area contributed by atoms with Crippen LogP contribution in [0.4, 0.5) is 0 Å². The molecule has 21 heavy (non-hydrogen) atoms. The van der Waals surface area contributed by atoms with E-state index in [9.17, 15) is 0 Å². The Kier molecular flexibility index (Phi) is 5.92. The number of aromatic nitrogens is 3. The third-order valence-corrected chi connectivity index (χ3v) is 4.50. The van der Waals surface area contributed by atoms with Crippen molar-refractivity contribution in [3.63, 3.8) is 0 Å². The van der Waals surface area contributed by atoms with Crippen molar-refractivity contribution in [2.24, 2.45) is 0 Å². The van der Waals surface area contributed by atoms with Gasteiger partial charge in [-0.05, 0) is 65.1 Å². The second-order valence-corrected chi connectivity index (χ2v) is 6.70. The zero-order valence-corrected chi connectivity index (χ0v) is 15.5. The molecule has 2 aromatic heterocycles. The van der Waals surface area contributed by atoms with Gasteiger partial charge in [0.1, 0.15) is 0 Å². The van der Waals surface area contributed by atoms with Crippen molar-refractivity contribution in [2.45, 2.75) is 12.6 Å². The molecule has 0 bridgehead atoms. The fraction of sp³-hybridized carbons (Fsp3) is 0.429. The third-order valence-electron chi connectivity index (χ3n) is 3.21. The van der Waals surface area contributed by atoms with E-state index in [0.29, 0.717) is 0 Å². The van der Waals surface area contributed by atoms with Gasteiger partial charge in [-0.2, -0.15) is 5.10 Å². The Morgan fingerprint density at radius 3 is 2.71 bits per heavy atom. The lowest BCUT2D eigenvalue weighted by atomic mass is 10.1. The summed E-state index contributed by atoms with van der Waals surface area (Å²) in [4.78, 5) is 6.64. The fourth-order valence-electron chi connectivity index (χ4n) is 2.15. The van der Waals surface area contributed by atoms with E-state index in [-0.39, 0.29) is 6.04 Å². The summed E-state index contributed by atoms with van der Waals surface area (Å²) in [5.41, 5.74) is 2.03. The predicted octanol–water partition coefficient (Wildman–Crippen LogP) is 2.67. The van der Waals surface area contributed by atoms with Gasteiger partial charge < -0.3 is 10.2 Å². The van der Waals surface area contributed by atoms with Crippen molar-refractivity contribution < 1.29 is 0 Å². The molecule has 0 aliphatic rings. The van der Waals surface area contributed by atoms with Crippen LogP contribution in [0.15, 0.2) is 33.5 Å². The molecule has 7 heteroatoms. The molecule has 0 saturated carbocycles. The van der Waals surface area contributed by atoms with Crippen LogP contribution in [0, 0.1) is 0 Å². The first kappa shape index (κ1) is 16.6. The molecule has 1 atom stereocenters. The van der Waals surface area contributed by atoms with E-state index >= 15 is 0 Å². The van der Waals surface area contributed by atoms with Crippen LogP contribution < -0.4 is 5.32 Å². The highest BCUT2D eigenvalue weighted by Crippen LogP contribution is 2.31. The summed E-state index contributed by atoms with van der Waals surface area (Å²) in [6, 6.07) is 3.89. The number of nitrogens with zero attached hydrogens (tertiary/aromatic N) is 4. The van der Waals surface area contributed by atoms with Crippen LogP contribution in [0.5, 0.6) is 0 Å². The molecule has 1 unspecified atom stereocenters. The predicted molar refractivity (Wildman–Crippen MR) is 91.3 cm³/mol. The van der Waals surface area contributed by atoms with Gasteiger partial charge in [0.25, 0.3) is 0 Å². The highest BCUT2D eigenvalue weighted by atomic mass is 79.9. The molecule has 0 aromatic carbocycles. The lowest BCUT2D eigenvalue weighted by molar-refractivity contribution is 0.366.